The van der Waals surface area contributed by atoms with Crippen molar-refractivity contribution in [3.05, 3.63) is 39.8 Å². The highest BCUT2D eigenvalue weighted by Crippen LogP contribution is 2.29. The highest BCUT2D eigenvalue weighted by Gasteiger charge is 2.19. The fraction of sp³-hybridized carbons (Fsp3) is 0.286. The first-order valence-corrected chi connectivity index (χ1v) is 6.69. The van der Waals surface area contributed by atoms with E-state index in [9.17, 15) is 4.79 Å². The van der Waals surface area contributed by atoms with Gasteiger partial charge in [0.25, 0.3) is 0 Å². The zero-order valence-corrected chi connectivity index (χ0v) is 11.9. The largest absolute Gasteiger partial charge is 0.496 e. The monoisotopic (exact) mass is 277 g/mol. The molecular weight excluding hydrogens is 262 g/mol. The van der Waals surface area contributed by atoms with Gasteiger partial charge in [0.2, 0.25) is 0 Å². The van der Waals surface area contributed by atoms with Crippen LogP contribution in [0.2, 0.25) is 0 Å². The van der Waals surface area contributed by atoms with Gasteiger partial charge < -0.3 is 9.47 Å². The zero-order chi connectivity index (χ0) is 13.8. The van der Waals surface area contributed by atoms with Crippen molar-refractivity contribution in [1.82, 2.24) is 4.98 Å². The van der Waals surface area contributed by atoms with Crippen LogP contribution in [0.4, 0.5) is 0 Å². The Morgan fingerprint density at radius 1 is 1.26 bits per heavy atom. The molecular formula is C14H15NO3S. The minimum atomic E-state index is -0.0559. The molecule has 0 aliphatic carbocycles. The van der Waals surface area contributed by atoms with Gasteiger partial charge in [0, 0.05) is 5.38 Å². The summed E-state index contributed by atoms with van der Waals surface area (Å²) >= 11 is 1.54. The van der Waals surface area contributed by atoms with Gasteiger partial charge in [-0.3, -0.25) is 4.79 Å². The Labute approximate surface area is 116 Å². The maximum absolute atomic E-state index is 12.4. The second-order valence-corrected chi connectivity index (χ2v) is 5.06. The van der Waals surface area contributed by atoms with Crippen LogP contribution in [-0.4, -0.2) is 25.0 Å². The molecule has 0 bridgehead atoms. The summed E-state index contributed by atoms with van der Waals surface area (Å²) in [5.74, 6) is 0.993. The van der Waals surface area contributed by atoms with Gasteiger partial charge in [-0.2, -0.15) is 0 Å². The SMILES string of the molecule is COc1cccc(OC)c1C(=O)Cc1csc(C)n1. The number of Topliss-reactive ketones (excluding diaryl/α,β-unsaturated/α-hetero) is 1. The predicted molar refractivity (Wildman–Crippen MR) is 74.4 cm³/mol. The van der Waals surface area contributed by atoms with Crippen molar-refractivity contribution in [2.45, 2.75) is 13.3 Å². The number of hydrogen-bond acceptors (Lipinski definition) is 5. The van der Waals surface area contributed by atoms with Crippen molar-refractivity contribution in [3.8, 4) is 11.5 Å². The number of ether oxygens (including phenoxy) is 2. The van der Waals surface area contributed by atoms with E-state index in [1.54, 1.807) is 32.4 Å². The molecule has 100 valence electrons. The Hall–Kier alpha value is -1.88. The average Bonchev–Trinajstić information content (AvgIpc) is 2.82. The van der Waals surface area contributed by atoms with E-state index in [4.69, 9.17) is 9.47 Å². The van der Waals surface area contributed by atoms with Gasteiger partial charge in [0.15, 0.2) is 5.78 Å². The summed E-state index contributed by atoms with van der Waals surface area (Å²) in [5.41, 5.74) is 1.25. The first-order valence-electron chi connectivity index (χ1n) is 5.81. The number of nitrogens with zero attached hydrogens (tertiary/aromatic N) is 1. The number of carbonyl (C=O) groups is 1. The van der Waals surface area contributed by atoms with Crippen molar-refractivity contribution in [2.75, 3.05) is 14.2 Å². The van der Waals surface area contributed by atoms with Gasteiger partial charge in [-0.25, -0.2) is 4.98 Å². The summed E-state index contributed by atoms with van der Waals surface area (Å²) in [6, 6.07) is 5.30. The van der Waals surface area contributed by atoms with Crippen molar-refractivity contribution in [2.24, 2.45) is 0 Å². The van der Waals surface area contributed by atoms with Crippen LogP contribution in [0.5, 0.6) is 11.5 Å². The summed E-state index contributed by atoms with van der Waals surface area (Å²) in [6.07, 6.45) is 0.251. The molecule has 4 nitrogen and oxygen atoms in total. The molecule has 1 aromatic carbocycles. The lowest BCUT2D eigenvalue weighted by Crippen LogP contribution is -2.08. The predicted octanol–water partition coefficient (Wildman–Crippen LogP) is 2.89. The molecule has 0 fully saturated rings. The van der Waals surface area contributed by atoms with Crippen molar-refractivity contribution in [1.29, 1.82) is 0 Å². The van der Waals surface area contributed by atoms with Crippen LogP contribution in [0.25, 0.3) is 0 Å². The summed E-state index contributed by atoms with van der Waals surface area (Å²) in [7, 11) is 3.08. The number of hydrogen-bond donors (Lipinski definition) is 0. The number of thiazole rings is 1. The third kappa shape index (κ3) is 2.93. The molecule has 0 amide bonds. The molecule has 0 saturated carbocycles. The second-order valence-electron chi connectivity index (χ2n) is 4.00. The number of carbonyl (C=O) groups excluding carboxylic acids is 1. The van der Waals surface area contributed by atoms with Gasteiger partial charge >= 0.3 is 0 Å². The molecule has 1 aromatic heterocycles. The smallest absolute Gasteiger partial charge is 0.176 e. The lowest BCUT2D eigenvalue weighted by atomic mass is 10.0. The second kappa shape index (κ2) is 5.84. The molecule has 0 unspecified atom stereocenters. The number of methoxy groups -OCH3 is 2. The van der Waals surface area contributed by atoms with E-state index >= 15 is 0 Å². The molecule has 2 rings (SSSR count). The van der Waals surface area contributed by atoms with E-state index in [0.717, 1.165) is 10.7 Å². The average molecular weight is 277 g/mol. The lowest BCUT2D eigenvalue weighted by molar-refractivity contribution is 0.0986. The Morgan fingerprint density at radius 2 is 1.89 bits per heavy atom. The number of benzene rings is 1. The molecule has 0 N–H and O–H groups in total. The third-order valence-corrected chi connectivity index (χ3v) is 3.54. The summed E-state index contributed by atoms with van der Waals surface area (Å²) < 4.78 is 10.5. The van der Waals surface area contributed by atoms with Crippen LogP contribution in [0.3, 0.4) is 0 Å². The third-order valence-electron chi connectivity index (χ3n) is 2.71. The van der Waals surface area contributed by atoms with Gasteiger partial charge in [-0.1, -0.05) is 6.07 Å². The molecule has 0 radical (unpaired) electrons. The van der Waals surface area contributed by atoms with E-state index < -0.39 is 0 Å². The number of ketones is 1. The zero-order valence-electron chi connectivity index (χ0n) is 11.1. The van der Waals surface area contributed by atoms with Crippen LogP contribution in [0.1, 0.15) is 21.1 Å². The van der Waals surface area contributed by atoms with Crippen LogP contribution in [0, 0.1) is 6.92 Å². The molecule has 5 heteroatoms. The topological polar surface area (TPSA) is 48.4 Å². The Kier molecular flexibility index (Phi) is 4.16. The normalized spacial score (nSPS) is 10.3. The molecule has 0 aliphatic rings. The highest BCUT2D eigenvalue weighted by atomic mass is 32.1. The highest BCUT2D eigenvalue weighted by molar-refractivity contribution is 7.09. The number of aryl methyl sites for hydroxylation is 1. The van der Waals surface area contributed by atoms with Crippen molar-refractivity contribution < 1.29 is 14.3 Å². The molecule has 0 saturated heterocycles. The Morgan fingerprint density at radius 3 is 2.37 bits per heavy atom. The minimum Gasteiger partial charge on any atom is -0.496 e. The maximum Gasteiger partial charge on any atom is 0.176 e. The molecule has 0 atom stereocenters. The molecule has 1 heterocycles. The van der Waals surface area contributed by atoms with Gasteiger partial charge in [0.05, 0.1) is 31.3 Å². The number of aromatic nitrogens is 1. The first kappa shape index (κ1) is 13.5. The maximum atomic E-state index is 12.4. The van der Waals surface area contributed by atoms with Crippen LogP contribution in [-0.2, 0) is 6.42 Å². The minimum absolute atomic E-state index is 0.0559. The van der Waals surface area contributed by atoms with Crippen LogP contribution < -0.4 is 9.47 Å². The Bertz CT molecular complexity index is 570. The standard InChI is InChI=1S/C14H15NO3S/c1-9-15-10(8-19-9)7-11(16)14-12(17-2)5-4-6-13(14)18-3/h4-6,8H,7H2,1-3H3. The van der Waals surface area contributed by atoms with Crippen molar-refractivity contribution in [3.63, 3.8) is 0 Å². The van der Waals surface area contributed by atoms with Crippen LogP contribution >= 0.6 is 11.3 Å². The van der Waals surface area contributed by atoms with E-state index in [-0.39, 0.29) is 12.2 Å². The fourth-order valence-corrected chi connectivity index (χ4v) is 2.48. The van der Waals surface area contributed by atoms with Crippen LogP contribution in [0.15, 0.2) is 23.6 Å². The molecule has 2 aromatic rings. The molecule has 0 spiro atoms. The van der Waals surface area contributed by atoms with E-state index in [1.165, 1.54) is 11.3 Å². The van der Waals surface area contributed by atoms with Crippen molar-refractivity contribution >= 4 is 17.1 Å². The Balaban J connectivity index is 2.32. The van der Waals surface area contributed by atoms with E-state index in [0.29, 0.717) is 17.1 Å². The lowest BCUT2D eigenvalue weighted by Gasteiger charge is -2.11. The van der Waals surface area contributed by atoms with Gasteiger partial charge in [-0.15, -0.1) is 11.3 Å². The molecule has 0 aliphatic heterocycles. The molecule has 19 heavy (non-hydrogen) atoms. The summed E-state index contributed by atoms with van der Waals surface area (Å²) in [4.78, 5) is 16.7. The fourth-order valence-electron chi connectivity index (χ4n) is 1.87. The van der Waals surface area contributed by atoms with E-state index in [1.807, 2.05) is 12.3 Å². The summed E-state index contributed by atoms with van der Waals surface area (Å²) in [6.45, 7) is 1.92. The summed E-state index contributed by atoms with van der Waals surface area (Å²) in [5, 5.41) is 2.85. The number of rotatable bonds is 5. The first-order chi connectivity index (χ1) is 9.15. The van der Waals surface area contributed by atoms with E-state index in [2.05, 4.69) is 4.98 Å². The van der Waals surface area contributed by atoms with Gasteiger partial charge in [0.1, 0.15) is 17.1 Å². The quantitative estimate of drug-likeness (QED) is 0.788. The van der Waals surface area contributed by atoms with Gasteiger partial charge in [-0.05, 0) is 19.1 Å².